The minimum Gasteiger partial charge on any atom is -0.490 e. The number of nitrogens with zero attached hydrogens (tertiary/aromatic N) is 1. The fourth-order valence-electron chi connectivity index (χ4n) is 3.28. The molecule has 1 aliphatic rings. The van der Waals surface area contributed by atoms with E-state index in [4.69, 9.17) is 18.9 Å². The zero-order valence-corrected chi connectivity index (χ0v) is 17.3. The van der Waals surface area contributed by atoms with E-state index in [-0.39, 0.29) is 20.0 Å². The molecule has 0 amide bonds. The third kappa shape index (κ3) is 3.76. The molecule has 0 spiro atoms. The predicted molar refractivity (Wildman–Crippen MR) is 113 cm³/mol. The van der Waals surface area contributed by atoms with Crippen LogP contribution in [0, 0.1) is 6.92 Å². The number of ether oxygens (including phenoxy) is 4. The second-order valence-electron chi connectivity index (χ2n) is 6.79. The van der Waals surface area contributed by atoms with Crippen LogP contribution in [0.3, 0.4) is 0 Å². The molecule has 6 nitrogen and oxygen atoms in total. The van der Waals surface area contributed by atoms with E-state index in [1.165, 1.54) is 0 Å². The standard InChI is InChI=1S/C21H19NO5S2/c1-12-22-20-19(29-12)7-17(15-4-5-28-21(15)20)25-10-14(23)9-24-8-13-2-3-16-18(6-13)27-11-26-16/h2-7,14,23H,8-11H2,1H3. The minimum atomic E-state index is -0.725. The first kappa shape index (κ1) is 18.6. The normalized spacial score (nSPS) is 14.0. The van der Waals surface area contributed by atoms with Crippen LogP contribution in [0.15, 0.2) is 35.7 Å². The largest absolute Gasteiger partial charge is 0.490 e. The van der Waals surface area contributed by atoms with Crippen molar-refractivity contribution in [3.8, 4) is 17.2 Å². The smallest absolute Gasteiger partial charge is 0.231 e. The van der Waals surface area contributed by atoms with Gasteiger partial charge in [-0.2, -0.15) is 0 Å². The zero-order chi connectivity index (χ0) is 19.8. The van der Waals surface area contributed by atoms with Gasteiger partial charge in [-0.3, -0.25) is 0 Å². The first-order valence-corrected chi connectivity index (χ1v) is 10.9. The quantitative estimate of drug-likeness (QED) is 0.466. The summed E-state index contributed by atoms with van der Waals surface area (Å²) >= 11 is 3.30. The lowest BCUT2D eigenvalue weighted by atomic mass is 10.2. The molecule has 150 valence electrons. The lowest BCUT2D eigenvalue weighted by Gasteiger charge is -2.14. The molecule has 29 heavy (non-hydrogen) atoms. The van der Waals surface area contributed by atoms with Gasteiger partial charge >= 0.3 is 0 Å². The van der Waals surface area contributed by atoms with Gasteiger partial charge in [0, 0.05) is 11.5 Å². The van der Waals surface area contributed by atoms with Crippen molar-refractivity contribution in [3.63, 3.8) is 0 Å². The van der Waals surface area contributed by atoms with Gasteiger partial charge in [-0.05, 0) is 36.1 Å². The van der Waals surface area contributed by atoms with E-state index in [0.717, 1.165) is 48.1 Å². The molecule has 0 aliphatic carbocycles. The van der Waals surface area contributed by atoms with Gasteiger partial charge in [0.2, 0.25) is 6.79 Å². The Morgan fingerprint density at radius 3 is 3.00 bits per heavy atom. The number of benzene rings is 2. The molecule has 4 aromatic rings. The van der Waals surface area contributed by atoms with Crippen molar-refractivity contribution in [1.29, 1.82) is 0 Å². The molecule has 2 aromatic heterocycles. The van der Waals surface area contributed by atoms with Gasteiger partial charge in [0.25, 0.3) is 0 Å². The van der Waals surface area contributed by atoms with Crippen molar-refractivity contribution in [2.45, 2.75) is 19.6 Å². The van der Waals surface area contributed by atoms with Crippen LogP contribution in [0.25, 0.3) is 20.3 Å². The van der Waals surface area contributed by atoms with Gasteiger partial charge in [0.1, 0.15) is 18.5 Å². The topological polar surface area (TPSA) is 70.0 Å². The molecule has 1 N–H and O–H groups in total. The van der Waals surface area contributed by atoms with Crippen molar-refractivity contribution in [2.75, 3.05) is 20.0 Å². The van der Waals surface area contributed by atoms with Crippen LogP contribution < -0.4 is 14.2 Å². The van der Waals surface area contributed by atoms with Crippen molar-refractivity contribution in [1.82, 2.24) is 4.98 Å². The molecular formula is C21H19NO5S2. The second-order valence-corrected chi connectivity index (χ2v) is 8.94. The number of thiazole rings is 1. The maximum atomic E-state index is 10.3. The van der Waals surface area contributed by atoms with Crippen LogP contribution in [-0.2, 0) is 11.3 Å². The summed E-state index contributed by atoms with van der Waals surface area (Å²) < 4.78 is 24.5. The van der Waals surface area contributed by atoms with Gasteiger partial charge in [-0.25, -0.2) is 4.98 Å². The first-order chi connectivity index (χ1) is 14.2. The van der Waals surface area contributed by atoms with Crippen LogP contribution >= 0.6 is 22.7 Å². The summed E-state index contributed by atoms with van der Waals surface area (Å²) in [6.07, 6.45) is -0.725. The van der Waals surface area contributed by atoms with E-state index < -0.39 is 6.10 Å². The average Bonchev–Trinajstić information content (AvgIpc) is 3.44. The summed E-state index contributed by atoms with van der Waals surface area (Å²) in [5, 5.41) is 14.4. The highest BCUT2D eigenvalue weighted by atomic mass is 32.1. The Balaban J connectivity index is 1.19. The number of hydrogen-bond acceptors (Lipinski definition) is 8. The molecule has 1 atom stereocenters. The number of hydrogen-bond donors (Lipinski definition) is 1. The van der Waals surface area contributed by atoms with E-state index in [1.807, 2.05) is 42.6 Å². The third-order valence-corrected chi connectivity index (χ3v) is 6.45. The Morgan fingerprint density at radius 2 is 2.07 bits per heavy atom. The van der Waals surface area contributed by atoms with Gasteiger partial charge in [0.15, 0.2) is 11.5 Å². The van der Waals surface area contributed by atoms with Crippen LogP contribution in [0.1, 0.15) is 10.6 Å². The van der Waals surface area contributed by atoms with Crippen LogP contribution in [0.2, 0.25) is 0 Å². The number of aryl methyl sites for hydroxylation is 1. The zero-order valence-electron chi connectivity index (χ0n) is 15.7. The van der Waals surface area contributed by atoms with E-state index in [9.17, 15) is 5.11 Å². The lowest BCUT2D eigenvalue weighted by molar-refractivity contribution is 0.00576. The molecule has 1 unspecified atom stereocenters. The molecule has 8 heteroatoms. The summed E-state index contributed by atoms with van der Waals surface area (Å²) in [6.45, 7) is 2.99. The first-order valence-electron chi connectivity index (χ1n) is 9.22. The van der Waals surface area contributed by atoms with Gasteiger partial charge in [-0.15, -0.1) is 22.7 Å². The molecule has 3 heterocycles. The summed E-state index contributed by atoms with van der Waals surface area (Å²) in [5.41, 5.74) is 1.99. The summed E-state index contributed by atoms with van der Waals surface area (Å²) in [5.74, 6) is 2.24. The summed E-state index contributed by atoms with van der Waals surface area (Å²) in [6, 6.07) is 9.73. The number of fused-ring (bicyclic) bond motifs is 4. The fourth-order valence-corrected chi connectivity index (χ4v) is 5.12. The van der Waals surface area contributed by atoms with E-state index in [1.54, 1.807) is 22.7 Å². The maximum absolute atomic E-state index is 10.3. The second kappa shape index (κ2) is 7.79. The van der Waals surface area contributed by atoms with Gasteiger partial charge in [0.05, 0.1) is 33.1 Å². The molecule has 0 fully saturated rings. The minimum absolute atomic E-state index is 0.162. The van der Waals surface area contributed by atoms with Crippen LogP contribution in [-0.4, -0.2) is 36.2 Å². The SMILES string of the molecule is Cc1nc2c(cc(OCC(O)COCc3ccc4c(c3)OCO4)c3ccsc32)s1. The Bertz CT molecular complexity index is 1170. The molecule has 0 bridgehead atoms. The highest BCUT2D eigenvalue weighted by Crippen LogP contribution is 2.39. The number of aliphatic hydroxyl groups excluding tert-OH is 1. The van der Waals surface area contributed by atoms with Crippen molar-refractivity contribution < 1.29 is 24.1 Å². The van der Waals surface area contributed by atoms with E-state index in [0.29, 0.717) is 6.61 Å². The molecule has 1 aliphatic heterocycles. The molecule has 2 aromatic carbocycles. The van der Waals surface area contributed by atoms with E-state index in [2.05, 4.69) is 4.98 Å². The Hall–Kier alpha value is -2.39. The van der Waals surface area contributed by atoms with Crippen LogP contribution in [0.4, 0.5) is 0 Å². The Kier molecular flexibility index (Phi) is 5.01. The van der Waals surface area contributed by atoms with Crippen molar-refractivity contribution >= 4 is 43.0 Å². The molecular weight excluding hydrogens is 410 g/mol. The van der Waals surface area contributed by atoms with Crippen LogP contribution in [0.5, 0.6) is 17.2 Å². The number of aromatic nitrogens is 1. The Morgan fingerprint density at radius 1 is 1.17 bits per heavy atom. The number of rotatable bonds is 7. The molecule has 0 saturated heterocycles. The highest BCUT2D eigenvalue weighted by Gasteiger charge is 2.15. The van der Waals surface area contributed by atoms with Gasteiger partial charge in [-0.1, -0.05) is 6.07 Å². The molecule has 0 radical (unpaired) electrons. The summed E-state index contributed by atoms with van der Waals surface area (Å²) in [4.78, 5) is 4.63. The van der Waals surface area contributed by atoms with Crippen molar-refractivity contribution in [2.24, 2.45) is 0 Å². The van der Waals surface area contributed by atoms with E-state index >= 15 is 0 Å². The average molecular weight is 430 g/mol. The number of aliphatic hydroxyl groups is 1. The molecule has 0 saturated carbocycles. The lowest BCUT2D eigenvalue weighted by Crippen LogP contribution is -2.23. The third-order valence-electron chi connectivity index (χ3n) is 4.62. The predicted octanol–water partition coefficient (Wildman–Crippen LogP) is 4.50. The number of thiophene rings is 1. The summed E-state index contributed by atoms with van der Waals surface area (Å²) in [7, 11) is 0. The fraction of sp³-hybridized carbons (Fsp3) is 0.286. The molecule has 5 rings (SSSR count). The highest BCUT2D eigenvalue weighted by molar-refractivity contribution is 7.21. The Labute approximate surface area is 175 Å². The maximum Gasteiger partial charge on any atom is 0.231 e. The van der Waals surface area contributed by atoms with Crippen molar-refractivity contribution in [3.05, 3.63) is 46.3 Å². The van der Waals surface area contributed by atoms with Gasteiger partial charge < -0.3 is 24.1 Å². The monoisotopic (exact) mass is 429 g/mol.